The van der Waals surface area contributed by atoms with Gasteiger partial charge in [-0.25, -0.2) is 0 Å². The molecule has 0 radical (unpaired) electrons. The topological polar surface area (TPSA) is 44.5 Å². The molecule has 0 aliphatic heterocycles. The molecule has 1 aliphatic carbocycles. The molecule has 0 saturated heterocycles. The van der Waals surface area contributed by atoms with Crippen molar-refractivity contribution in [3.05, 3.63) is 22.2 Å². The minimum absolute atomic E-state index is 0.0272. The predicted molar refractivity (Wildman–Crippen MR) is 78.6 cm³/mol. The van der Waals surface area contributed by atoms with E-state index in [1.54, 1.807) is 14.2 Å². The second-order valence-electron chi connectivity index (χ2n) is 5.53. The number of hydrogen-bond acceptors (Lipinski definition) is 3. The number of hydrogen-bond donors (Lipinski definition) is 1. The highest BCUT2D eigenvalue weighted by Crippen LogP contribution is 2.56. The molecule has 0 amide bonds. The van der Waals surface area contributed by atoms with Gasteiger partial charge in [0.15, 0.2) is 11.5 Å². The summed E-state index contributed by atoms with van der Waals surface area (Å²) in [5.41, 5.74) is 8.05. The van der Waals surface area contributed by atoms with E-state index in [0.29, 0.717) is 12.5 Å². The first-order valence-corrected chi connectivity index (χ1v) is 7.03. The molecule has 3 nitrogen and oxygen atoms in total. The molecule has 106 valence electrons. The van der Waals surface area contributed by atoms with Gasteiger partial charge in [0, 0.05) is 17.5 Å². The minimum Gasteiger partial charge on any atom is -0.493 e. The van der Waals surface area contributed by atoms with Crippen molar-refractivity contribution in [3.63, 3.8) is 0 Å². The van der Waals surface area contributed by atoms with Gasteiger partial charge in [0.2, 0.25) is 0 Å². The van der Waals surface area contributed by atoms with Gasteiger partial charge in [-0.2, -0.15) is 0 Å². The predicted octanol–water partition coefficient (Wildman–Crippen LogP) is 3.47. The average Bonchev–Trinajstić information content (AvgIpc) is 3.18. The number of nitrogens with two attached hydrogens (primary N) is 1. The molecule has 0 spiro atoms. The summed E-state index contributed by atoms with van der Waals surface area (Å²) in [6.45, 7) is 4.84. The molecular weight excluding hydrogens is 262 g/mol. The normalized spacial score (nSPS) is 16.6. The highest BCUT2D eigenvalue weighted by molar-refractivity contribution is 6.32. The lowest BCUT2D eigenvalue weighted by Gasteiger charge is -2.24. The van der Waals surface area contributed by atoms with Crippen LogP contribution >= 0.6 is 11.6 Å². The molecule has 0 unspecified atom stereocenters. The largest absolute Gasteiger partial charge is 0.493 e. The van der Waals surface area contributed by atoms with E-state index < -0.39 is 0 Å². The summed E-state index contributed by atoms with van der Waals surface area (Å²) in [5.74, 6) is 1.81. The fourth-order valence-electron chi connectivity index (χ4n) is 2.59. The van der Waals surface area contributed by atoms with Gasteiger partial charge in [0.25, 0.3) is 0 Å². The van der Waals surface area contributed by atoms with E-state index in [0.717, 1.165) is 40.5 Å². The maximum atomic E-state index is 6.63. The maximum Gasteiger partial charge on any atom is 0.166 e. The Labute approximate surface area is 120 Å². The minimum atomic E-state index is -0.0272. The molecule has 1 fully saturated rings. The molecule has 0 bridgehead atoms. The first-order valence-electron chi connectivity index (χ1n) is 6.65. The number of benzene rings is 1. The van der Waals surface area contributed by atoms with Crippen molar-refractivity contribution in [1.82, 2.24) is 0 Å². The molecule has 2 N–H and O–H groups in total. The number of rotatable bonds is 5. The number of halogens is 1. The van der Waals surface area contributed by atoms with Crippen molar-refractivity contribution in [2.75, 3.05) is 20.8 Å². The van der Waals surface area contributed by atoms with Crippen molar-refractivity contribution in [2.45, 2.75) is 38.0 Å². The van der Waals surface area contributed by atoms with Crippen molar-refractivity contribution in [3.8, 4) is 11.5 Å². The molecule has 19 heavy (non-hydrogen) atoms. The third kappa shape index (κ3) is 2.30. The lowest BCUT2D eigenvalue weighted by molar-refractivity contribution is 0.348. The number of methoxy groups -OCH3 is 2. The van der Waals surface area contributed by atoms with Crippen LogP contribution in [0, 0.1) is 0 Å². The highest BCUT2D eigenvalue weighted by Gasteiger charge is 2.47. The van der Waals surface area contributed by atoms with Crippen molar-refractivity contribution >= 4 is 11.6 Å². The zero-order chi connectivity index (χ0) is 14.2. The molecule has 2 rings (SSSR count). The van der Waals surface area contributed by atoms with Crippen LogP contribution in [-0.2, 0) is 5.41 Å². The summed E-state index contributed by atoms with van der Waals surface area (Å²) in [4.78, 5) is 0. The summed E-state index contributed by atoms with van der Waals surface area (Å²) < 4.78 is 11.0. The lowest BCUT2D eigenvalue weighted by Crippen LogP contribution is -2.22. The van der Waals surface area contributed by atoms with E-state index in [2.05, 4.69) is 13.8 Å². The molecule has 4 heteroatoms. The smallest absolute Gasteiger partial charge is 0.166 e. The Balaban J connectivity index is 2.70. The Bertz CT molecular complexity index is 482. The van der Waals surface area contributed by atoms with Gasteiger partial charge < -0.3 is 15.2 Å². The summed E-state index contributed by atoms with van der Waals surface area (Å²) in [7, 11) is 3.31. The zero-order valence-corrected chi connectivity index (χ0v) is 12.8. The second kappa shape index (κ2) is 5.22. The SMILES string of the molecule is COc1cc(C(C)C)c(Cl)c(C2(CN)CC2)c1OC. The number of ether oxygens (including phenoxy) is 2. The molecule has 0 heterocycles. The van der Waals surface area contributed by atoms with Crippen LogP contribution < -0.4 is 15.2 Å². The van der Waals surface area contributed by atoms with Crippen LogP contribution in [0.2, 0.25) is 5.02 Å². The quantitative estimate of drug-likeness (QED) is 0.900. The van der Waals surface area contributed by atoms with E-state index in [1.165, 1.54) is 0 Å². The van der Waals surface area contributed by atoms with E-state index in [1.807, 2.05) is 6.07 Å². The van der Waals surface area contributed by atoms with Crippen LogP contribution in [0.4, 0.5) is 0 Å². The van der Waals surface area contributed by atoms with Crippen molar-refractivity contribution in [1.29, 1.82) is 0 Å². The first kappa shape index (κ1) is 14.5. The van der Waals surface area contributed by atoms with E-state index >= 15 is 0 Å². The maximum absolute atomic E-state index is 6.63. The van der Waals surface area contributed by atoms with Crippen LogP contribution in [-0.4, -0.2) is 20.8 Å². The molecular formula is C15H22ClNO2. The van der Waals surface area contributed by atoms with Gasteiger partial charge in [0.05, 0.1) is 19.2 Å². The summed E-state index contributed by atoms with van der Waals surface area (Å²) in [6.07, 6.45) is 2.12. The van der Waals surface area contributed by atoms with Crippen LogP contribution in [0.3, 0.4) is 0 Å². The van der Waals surface area contributed by atoms with Gasteiger partial charge in [-0.1, -0.05) is 25.4 Å². The molecule has 1 saturated carbocycles. The Morgan fingerprint density at radius 3 is 2.32 bits per heavy atom. The fraction of sp³-hybridized carbons (Fsp3) is 0.600. The lowest BCUT2D eigenvalue weighted by atomic mass is 9.90. The molecule has 0 atom stereocenters. The molecule has 1 aromatic rings. The highest BCUT2D eigenvalue weighted by atomic mass is 35.5. The molecule has 0 aromatic heterocycles. The Morgan fingerprint density at radius 1 is 1.32 bits per heavy atom. The molecule has 1 aliphatic rings. The van der Waals surface area contributed by atoms with Crippen LogP contribution in [0.25, 0.3) is 0 Å². The van der Waals surface area contributed by atoms with Crippen LogP contribution in [0.15, 0.2) is 6.07 Å². The summed E-state index contributed by atoms with van der Waals surface area (Å²) in [6, 6.07) is 1.97. The zero-order valence-electron chi connectivity index (χ0n) is 12.0. The fourth-order valence-corrected chi connectivity index (χ4v) is 3.15. The standard InChI is InChI=1S/C15H22ClNO2/c1-9(2)10-7-11(18-3)14(19-4)12(13(10)16)15(8-17)5-6-15/h7,9H,5-6,8,17H2,1-4H3. The van der Waals surface area contributed by atoms with Crippen molar-refractivity contribution < 1.29 is 9.47 Å². The van der Waals surface area contributed by atoms with Gasteiger partial charge >= 0.3 is 0 Å². The van der Waals surface area contributed by atoms with Gasteiger partial charge in [-0.3, -0.25) is 0 Å². The van der Waals surface area contributed by atoms with Gasteiger partial charge in [-0.15, -0.1) is 0 Å². The van der Waals surface area contributed by atoms with E-state index in [9.17, 15) is 0 Å². The Kier molecular flexibility index (Phi) is 3.98. The van der Waals surface area contributed by atoms with E-state index in [4.69, 9.17) is 26.8 Å². The molecule has 1 aromatic carbocycles. The average molecular weight is 284 g/mol. The first-order chi connectivity index (χ1) is 9.00. The van der Waals surface area contributed by atoms with Crippen molar-refractivity contribution in [2.24, 2.45) is 5.73 Å². The Morgan fingerprint density at radius 2 is 1.95 bits per heavy atom. The van der Waals surface area contributed by atoms with Crippen LogP contribution in [0.5, 0.6) is 11.5 Å². The van der Waals surface area contributed by atoms with E-state index in [-0.39, 0.29) is 5.41 Å². The van der Waals surface area contributed by atoms with Crippen LogP contribution in [0.1, 0.15) is 43.7 Å². The Hall–Kier alpha value is -0.930. The monoisotopic (exact) mass is 283 g/mol. The van der Waals surface area contributed by atoms with Gasteiger partial charge in [0.1, 0.15) is 0 Å². The summed E-state index contributed by atoms with van der Waals surface area (Å²) in [5, 5.41) is 0.788. The second-order valence-corrected chi connectivity index (χ2v) is 5.91. The third-order valence-corrected chi connectivity index (χ3v) is 4.44. The third-order valence-electron chi connectivity index (χ3n) is 4.03. The van der Waals surface area contributed by atoms with Gasteiger partial charge in [-0.05, 0) is 30.4 Å². The summed E-state index contributed by atoms with van der Waals surface area (Å²) >= 11 is 6.63.